The molecule has 27 heavy (non-hydrogen) atoms. The smallest absolute Gasteiger partial charge is 0.124 e. The second-order valence-electron chi connectivity index (χ2n) is 6.34. The van der Waals surface area contributed by atoms with Crippen LogP contribution in [0.3, 0.4) is 0 Å². The molecule has 1 aliphatic rings. The first kappa shape index (κ1) is 17.9. The van der Waals surface area contributed by atoms with E-state index in [2.05, 4.69) is 6.07 Å². The van der Waals surface area contributed by atoms with Crippen LogP contribution in [0, 0.1) is 0 Å². The normalized spacial score (nSPS) is 16.3. The summed E-state index contributed by atoms with van der Waals surface area (Å²) in [6.07, 6.45) is 0.758. The second kappa shape index (κ2) is 7.63. The van der Waals surface area contributed by atoms with Gasteiger partial charge >= 0.3 is 0 Å². The maximum Gasteiger partial charge on any atom is 0.124 e. The maximum absolute atomic E-state index is 6.23. The third-order valence-corrected chi connectivity index (χ3v) is 5.15. The van der Waals surface area contributed by atoms with Crippen molar-refractivity contribution in [2.75, 3.05) is 12.1 Å². The number of anilines is 1. The van der Waals surface area contributed by atoms with E-state index in [0.717, 1.165) is 34.7 Å². The molecule has 1 aliphatic heterocycles. The molecular weight excluding hydrogens is 379 g/mol. The highest BCUT2D eigenvalue weighted by Gasteiger charge is 2.31. The van der Waals surface area contributed by atoms with Gasteiger partial charge in [-0.25, -0.2) is 0 Å². The fourth-order valence-electron chi connectivity index (χ4n) is 3.37. The molecule has 0 aliphatic carbocycles. The molecule has 3 aromatic rings. The van der Waals surface area contributed by atoms with Crippen molar-refractivity contribution in [1.29, 1.82) is 0 Å². The van der Waals surface area contributed by atoms with Crippen LogP contribution in [0.1, 0.15) is 23.6 Å². The molecule has 4 rings (SSSR count). The summed E-state index contributed by atoms with van der Waals surface area (Å²) < 4.78 is 5.60. The Morgan fingerprint density at radius 3 is 2.44 bits per heavy atom. The van der Waals surface area contributed by atoms with Gasteiger partial charge < -0.3 is 4.74 Å². The van der Waals surface area contributed by atoms with Crippen LogP contribution in [0.25, 0.3) is 0 Å². The molecule has 0 unspecified atom stereocenters. The number of methoxy groups -OCH3 is 1. The molecule has 0 aromatic heterocycles. The van der Waals surface area contributed by atoms with Crippen molar-refractivity contribution in [3.8, 4) is 5.75 Å². The van der Waals surface area contributed by atoms with Gasteiger partial charge in [0.1, 0.15) is 5.75 Å². The molecule has 0 saturated heterocycles. The van der Waals surface area contributed by atoms with Gasteiger partial charge in [0.25, 0.3) is 0 Å². The fourth-order valence-corrected chi connectivity index (χ4v) is 3.68. The molecule has 5 heteroatoms. The molecule has 3 nitrogen and oxygen atoms in total. The number of nitrogens with zero attached hydrogens (tertiary/aromatic N) is 2. The van der Waals surface area contributed by atoms with E-state index in [1.165, 1.54) is 0 Å². The quantitative estimate of drug-likeness (QED) is 0.512. The van der Waals surface area contributed by atoms with E-state index in [1.54, 1.807) is 7.11 Å². The highest BCUT2D eigenvalue weighted by atomic mass is 35.5. The molecule has 0 radical (unpaired) electrons. The monoisotopic (exact) mass is 396 g/mol. The average molecular weight is 397 g/mol. The van der Waals surface area contributed by atoms with Crippen LogP contribution in [0.4, 0.5) is 5.69 Å². The topological polar surface area (TPSA) is 24.8 Å². The maximum atomic E-state index is 6.23. The van der Waals surface area contributed by atoms with Crippen molar-refractivity contribution in [2.45, 2.75) is 12.5 Å². The van der Waals surface area contributed by atoms with Crippen LogP contribution in [0.5, 0.6) is 5.75 Å². The molecule has 1 heterocycles. The molecule has 0 amide bonds. The summed E-state index contributed by atoms with van der Waals surface area (Å²) in [5.74, 6) is 0.849. The lowest BCUT2D eigenvalue weighted by Crippen LogP contribution is -2.19. The van der Waals surface area contributed by atoms with Gasteiger partial charge in [0.05, 0.1) is 24.6 Å². The zero-order chi connectivity index (χ0) is 18.8. The molecular formula is C22H18Cl2N2O. The van der Waals surface area contributed by atoms with Crippen LogP contribution < -0.4 is 9.75 Å². The van der Waals surface area contributed by atoms with Crippen LogP contribution in [0.2, 0.25) is 10.0 Å². The Morgan fingerprint density at radius 1 is 0.926 bits per heavy atom. The summed E-state index contributed by atoms with van der Waals surface area (Å²) in [4.78, 5) is 0. The third kappa shape index (κ3) is 3.66. The van der Waals surface area contributed by atoms with Crippen LogP contribution in [0.15, 0.2) is 77.9 Å². The highest BCUT2D eigenvalue weighted by molar-refractivity contribution is 6.31. The fraction of sp³-hybridized carbons (Fsp3) is 0.136. The Morgan fingerprint density at radius 2 is 1.70 bits per heavy atom. The van der Waals surface area contributed by atoms with Gasteiger partial charge in [0.15, 0.2) is 0 Å². The van der Waals surface area contributed by atoms with Crippen LogP contribution in [-0.2, 0) is 0 Å². The lowest BCUT2D eigenvalue weighted by atomic mass is 9.97. The summed E-state index contributed by atoms with van der Waals surface area (Å²) in [5.41, 5.74) is 4.10. The Bertz CT molecular complexity index is 986. The zero-order valence-electron chi connectivity index (χ0n) is 14.8. The van der Waals surface area contributed by atoms with Crippen LogP contribution in [-0.4, -0.2) is 12.8 Å². The summed E-state index contributed by atoms with van der Waals surface area (Å²) in [6.45, 7) is 0. The van der Waals surface area contributed by atoms with Gasteiger partial charge in [-0.3, -0.25) is 5.01 Å². The first-order valence-corrected chi connectivity index (χ1v) is 9.42. The number of rotatable bonds is 4. The van der Waals surface area contributed by atoms with Gasteiger partial charge in [-0.2, -0.15) is 5.10 Å². The highest BCUT2D eigenvalue weighted by Crippen LogP contribution is 2.40. The van der Waals surface area contributed by atoms with E-state index in [4.69, 9.17) is 33.0 Å². The number of halogens is 2. The van der Waals surface area contributed by atoms with Crippen molar-refractivity contribution in [3.05, 3.63) is 94.0 Å². The Hall–Kier alpha value is -2.49. The Labute approximate surface area is 168 Å². The minimum Gasteiger partial charge on any atom is -0.496 e. The van der Waals surface area contributed by atoms with Crippen molar-refractivity contribution in [1.82, 2.24) is 0 Å². The molecule has 0 N–H and O–H groups in total. The number of hydrazone groups is 1. The van der Waals surface area contributed by atoms with Crippen molar-refractivity contribution < 1.29 is 4.74 Å². The Balaban J connectivity index is 1.79. The standard InChI is InChI=1S/C22H18Cl2N2O/c1-27-22-8-3-2-7-19(22)21-14-20(15-9-11-16(23)12-10-15)25-26(21)18-6-4-5-17(24)13-18/h2-13,21H,14H2,1H3/t21-/m1/s1. The molecule has 0 bridgehead atoms. The van der Waals surface area contributed by atoms with Crippen molar-refractivity contribution >= 4 is 34.6 Å². The largest absolute Gasteiger partial charge is 0.496 e. The number of benzene rings is 3. The predicted molar refractivity (Wildman–Crippen MR) is 112 cm³/mol. The van der Waals surface area contributed by atoms with E-state index in [1.807, 2.05) is 71.7 Å². The SMILES string of the molecule is COc1ccccc1[C@H]1CC(c2ccc(Cl)cc2)=NN1c1cccc(Cl)c1. The number of para-hydroxylation sites is 1. The lowest BCUT2D eigenvalue weighted by Gasteiger charge is -2.25. The van der Waals surface area contributed by atoms with Crippen molar-refractivity contribution in [3.63, 3.8) is 0 Å². The minimum absolute atomic E-state index is 0.0188. The summed E-state index contributed by atoms with van der Waals surface area (Å²) >= 11 is 12.3. The van der Waals surface area contributed by atoms with Gasteiger partial charge in [0.2, 0.25) is 0 Å². The van der Waals surface area contributed by atoms with Gasteiger partial charge in [-0.05, 0) is 42.0 Å². The molecule has 1 atom stereocenters. The van der Waals surface area contributed by atoms with Crippen molar-refractivity contribution in [2.24, 2.45) is 5.10 Å². The van der Waals surface area contributed by atoms with Gasteiger partial charge in [0, 0.05) is 22.0 Å². The molecule has 0 saturated carbocycles. The molecule has 0 fully saturated rings. The van der Waals surface area contributed by atoms with E-state index in [9.17, 15) is 0 Å². The summed E-state index contributed by atoms with van der Waals surface area (Å²) in [7, 11) is 1.69. The molecule has 3 aromatic carbocycles. The van der Waals surface area contributed by atoms with E-state index < -0.39 is 0 Å². The van der Waals surface area contributed by atoms with E-state index in [-0.39, 0.29) is 6.04 Å². The summed E-state index contributed by atoms with van der Waals surface area (Å²) in [6, 6.07) is 23.6. The van der Waals surface area contributed by atoms with Gasteiger partial charge in [-0.15, -0.1) is 0 Å². The van der Waals surface area contributed by atoms with E-state index >= 15 is 0 Å². The van der Waals surface area contributed by atoms with E-state index in [0.29, 0.717) is 10.0 Å². The van der Waals surface area contributed by atoms with Crippen LogP contribution >= 0.6 is 23.2 Å². The molecule has 0 spiro atoms. The average Bonchev–Trinajstić information content (AvgIpc) is 3.14. The Kier molecular flexibility index (Phi) is 5.06. The number of hydrogen-bond donors (Lipinski definition) is 0. The lowest BCUT2D eigenvalue weighted by molar-refractivity contribution is 0.405. The van der Waals surface area contributed by atoms with Gasteiger partial charge in [-0.1, -0.05) is 59.6 Å². The number of hydrogen-bond acceptors (Lipinski definition) is 3. The summed E-state index contributed by atoms with van der Waals surface area (Å²) in [5, 5.41) is 8.34. The first-order valence-electron chi connectivity index (χ1n) is 8.67. The first-order chi connectivity index (χ1) is 13.2. The zero-order valence-corrected chi connectivity index (χ0v) is 16.3. The second-order valence-corrected chi connectivity index (χ2v) is 7.21. The predicted octanol–water partition coefficient (Wildman–Crippen LogP) is 6.36. The molecule has 136 valence electrons. The third-order valence-electron chi connectivity index (χ3n) is 4.66. The number of ether oxygens (including phenoxy) is 1. The minimum atomic E-state index is 0.0188.